The van der Waals surface area contributed by atoms with Crippen LogP contribution in [0.2, 0.25) is 0 Å². The molecule has 0 amide bonds. The Hall–Kier alpha value is -0.610. The molecule has 0 aliphatic carbocycles. The van der Waals surface area contributed by atoms with Crippen molar-refractivity contribution >= 4 is 5.97 Å². The molecule has 1 heterocycles. The van der Waals surface area contributed by atoms with Gasteiger partial charge in [0.25, 0.3) is 0 Å². The standard InChI is InChI=1S/C27H53NO3/c1-26(2)22-24(23-27(3,4)28(26)31)20-18-16-14-12-10-8-6-5-7-9-11-13-15-17-19-21-25(29)30/h24,31H,5-23H2,1-4H3,(H,29,30). The third-order valence-corrected chi connectivity index (χ3v) is 7.23. The molecule has 0 saturated carbocycles. The van der Waals surface area contributed by atoms with Gasteiger partial charge in [-0.15, -0.1) is 0 Å². The second-order valence-corrected chi connectivity index (χ2v) is 11.4. The maximum absolute atomic E-state index is 10.4. The Labute approximate surface area is 193 Å². The van der Waals surface area contributed by atoms with E-state index in [4.69, 9.17) is 5.11 Å². The van der Waals surface area contributed by atoms with Gasteiger partial charge in [0.1, 0.15) is 0 Å². The minimum absolute atomic E-state index is 0.103. The van der Waals surface area contributed by atoms with Crippen LogP contribution in [0.4, 0.5) is 0 Å². The van der Waals surface area contributed by atoms with Gasteiger partial charge < -0.3 is 10.3 Å². The van der Waals surface area contributed by atoms with E-state index in [1.54, 1.807) is 5.06 Å². The van der Waals surface area contributed by atoms with E-state index in [-0.39, 0.29) is 11.1 Å². The number of aliphatic carboxylic acids is 1. The van der Waals surface area contributed by atoms with Crippen LogP contribution in [0.5, 0.6) is 0 Å². The van der Waals surface area contributed by atoms with Gasteiger partial charge in [-0.05, 0) is 52.9 Å². The van der Waals surface area contributed by atoms with E-state index in [9.17, 15) is 10.0 Å². The van der Waals surface area contributed by atoms with Gasteiger partial charge in [-0.2, -0.15) is 5.06 Å². The summed E-state index contributed by atoms with van der Waals surface area (Å²) in [6.45, 7) is 8.69. The van der Waals surface area contributed by atoms with Gasteiger partial charge in [0.05, 0.1) is 0 Å². The highest BCUT2D eigenvalue weighted by molar-refractivity contribution is 5.66. The molecule has 0 radical (unpaired) electrons. The Kier molecular flexibility index (Phi) is 14.0. The van der Waals surface area contributed by atoms with Crippen molar-refractivity contribution in [2.45, 2.75) is 161 Å². The lowest BCUT2D eigenvalue weighted by atomic mass is 9.73. The fourth-order valence-corrected chi connectivity index (χ4v) is 5.69. The molecule has 1 saturated heterocycles. The zero-order valence-electron chi connectivity index (χ0n) is 21.3. The number of rotatable bonds is 18. The van der Waals surface area contributed by atoms with Gasteiger partial charge in [-0.25, -0.2) is 0 Å². The number of hydroxylamine groups is 2. The van der Waals surface area contributed by atoms with Gasteiger partial charge in [-0.1, -0.05) is 96.3 Å². The van der Waals surface area contributed by atoms with E-state index >= 15 is 0 Å². The molecule has 0 aromatic rings. The fourth-order valence-electron chi connectivity index (χ4n) is 5.69. The Morgan fingerprint density at radius 3 is 1.35 bits per heavy atom. The molecule has 0 atom stereocenters. The molecule has 4 nitrogen and oxygen atoms in total. The molecule has 0 spiro atoms. The maximum atomic E-state index is 10.4. The Morgan fingerprint density at radius 1 is 0.677 bits per heavy atom. The monoisotopic (exact) mass is 439 g/mol. The lowest BCUT2D eigenvalue weighted by Gasteiger charge is -2.51. The van der Waals surface area contributed by atoms with Crippen molar-refractivity contribution in [1.29, 1.82) is 0 Å². The fraction of sp³-hybridized carbons (Fsp3) is 0.963. The average molecular weight is 440 g/mol. The lowest BCUT2D eigenvalue weighted by Crippen LogP contribution is -2.58. The second kappa shape index (κ2) is 15.3. The first-order valence-corrected chi connectivity index (χ1v) is 13.4. The van der Waals surface area contributed by atoms with E-state index in [0.717, 1.165) is 31.6 Å². The summed E-state index contributed by atoms with van der Waals surface area (Å²) >= 11 is 0. The maximum Gasteiger partial charge on any atom is 0.303 e. The average Bonchev–Trinajstić information content (AvgIpc) is 2.67. The predicted octanol–water partition coefficient (Wildman–Crippen LogP) is 8.36. The summed E-state index contributed by atoms with van der Waals surface area (Å²) in [5.74, 6) is 0.0888. The molecular weight excluding hydrogens is 386 g/mol. The number of carbonyl (C=O) groups is 1. The van der Waals surface area contributed by atoms with Crippen molar-refractivity contribution in [3.8, 4) is 0 Å². The molecule has 1 fully saturated rings. The van der Waals surface area contributed by atoms with Crippen LogP contribution in [-0.4, -0.2) is 32.4 Å². The zero-order chi connectivity index (χ0) is 23.2. The van der Waals surface area contributed by atoms with Crippen LogP contribution in [0.3, 0.4) is 0 Å². The van der Waals surface area contributed by atoms with E-state index in [1.165, 1.54) is 89.9 Å². The van der Waals surface area contributed by atoms with Crippen LogP contribution < -0.4 is 0 Å². The topological polar surface area (TPSA) is 60.8 Å². The molecule has 1 aliphatic heterocycles. The van der Waals surface area contributed by atoms with E-state index in [0.29, 0.717) is 6.42 Å². The van der Waals surface area contributed by atoms with Crippen molar-refractivity contribution in [2.75, 3.05) is 0 Å². The summed E-state index contributed by atoms with van der Waals surface area (Å²) in [4.78, 5) is 10.4. The first-order chi connectivity index (χ1) is 14.6. The summed E-state index contributed by atoms with van der Waals surface area (Å²) in [5.41, 5.74) is -0.206. The largest absolute Gasteiger partial charge is 0.481 e. The number of hydrogen-bond acceptors (Lipinski definition) is 3. The quantitative estimate of drug-likeness (QED) is 0.211. The van der Waals surface area contributed by atoms with Crippen molar-refractivity contribution in [1.82, 2.24) is 5.06 Å². The summed E-state index contributed by atoms with van der Waals surface area (Å²) in [6.07, 6.45) is 23.3. The van der Waals surface area contributed by atoms with Crippen LogP contribution >= 0.6 is 0 Å². The van der Waals surface area contributed by atoms with Crippen LogP contribution in [0.15, 0.2) is 0 Å². The molecule has 1 rings (SSSR count). The molecule has 31 heavy (non-hydrogen) atoms. The first-order valence-electron chi connectivity index (χ1n) is 13.4. The minimum Gasteiger partial charge on any atom is -0.481 e. The third-order valence-electron chi connectivity index (χ3n) is 7.23. The van der Waals surface area contributed by atoms with Gasteiger partial charge >= 0.3 is 5.97 Å². The number of carboxylic acids is 1. The van der Waals surface area contributed by atoms with E-state index < -0.39 is 5.97 Å². The molecule has 2 N–H and O–H groups in total. The number of hydrogen-bond donors (Lipinski definition) is 2. The Balaban J connectivity index is 1.85. The molecule has 0 unspecified atom stereocenters. The number of nitrogens with zero attached hydrogens (tertiary/aromatic N) is 1. The number of unbranched alkanes of at least 4 members (excludes halogenated alkanes) is 14. The second-order valence-electron chi connectivity index (χ2n) is 11.4. The van der Waals surface area contributed by atoms with Gasteiger partial charge in [-0.3, -0.25) is 4.79 Å². The third kappa shape index (κ3) is 12.9. The smallest absolute Gasteiger partial charge is 0.303 e. The molecular formula is C27H53NO3. The van der Waals surface area contributed by atoms with Gasteiger partial charge in [0.2, 0.25) is 0 Å². The van der Waals surface area contributed by atoms with Crippen molar-refractivity contribution < 1.29 is 15.1 Å². The van der Waals surface area contributed by atoms with E-state index in [2.05, 4.69) is 27.7 Å². The zero-order valence-corrected chi connectivity index (χ0v) is 21.3. The Morgan fingerprint density at radius 2 is 1.00 bits per heavy atom. The molecule has 1 aliphatic rings. The highest BCUT2D eigenvalue weighted by Crippen LogP contribution is 2.41. The molecule has 4 heteroatoms. The van der Waals surface area contributed by atoms with Gasteiger partial charge in [0, 0.05) is 17.5 Å². The van der Waals surface area contributed by atoms with Crippen LogP contribution in [0.1, 0.15) is 150 Å². The van der Waals surface area contributed by atoms with Crippen LogP contribution in [0.25, 0.3) is 0 Å². The summed E-state index contributed by atoms with van der Waals surface area (Å²) in [6, 6.07) is 0. The SMILES string of the molecule is CC1(C)CC(CCCCCCCCCCCCCCCCCC(=O)O)CC(C)(C)N1O. The van der Waals surface area contributed by atoms with Crippen LogP contribution in [-0.2, 0) is 4.79 Å². The van der Waals surface area contributed by atoms with Crippen molar-refractivity contribution in [2.24, 2.45) is 5.92 Å². The predicted molar refractivity (Wildman–Crippen MR) is 131 cm³/mol. The molecule has 0 aromatic carbocycles. The summed E-state index contributed by atoms with van der Waals surface area (Å²) in [5, 5.41) is 20.6. The highest BCUT2D eigenvalue weighted by atomic mass is 16.5. The molecule has 184 valence electrons. The Bertz CT molecular complexity index is 457. The van der Waals surface area contributed by atoms with Crippen molar-refractivity contribution in [3.63, 3.8) is 0 Å². The molecule has 0 aromatic heterocycles. The van der Waals surface area contributed by atoms with Crippen LogP contribution in [0, 0.1) is 5.92 Å². The first kappa shape index (κ1) is 28.4. The van der Waals surface area contributed by atoms with Gasteiger partial charge in [0.15, 0.2) is 0 Å². The highest BCUT2D eigenvalue weighted by Gasteiger charge is 2.44. The normalized spacial score (nSPS) is 19.0. The number of carboxylic acid groups (broad SMARTS) is 1. The number of piperidine rings is 1. The summed E-state index contributed by atoms with van der Waals surface area (Å²) in [7, 11) is 0. The van der Waals surface area contributed by atoms with Crippen molar-refractivity contribution in [3.05, 3.63) is 0 Å². The molecule has 0 bridgehead atoms. The minimum atomic E-state index is -0.660. The lowest BCUT2D eigenvalue weighted by molar-refractivity contribution is -0.251. The van der Waals surface area contributed by atoms with E-state index in [1.807, 2.05) is 0 Å². The summed E-state index contributed by atoms with van der Waals surface area (Å²) < 4.78 is 0.